The number of aromatic nitrogens is 1. The van der Waals surface area contributed by atoms with Gasteiger partial charge >= 0.3 is 0 Å². The molecule has 3 rings (SSSR count). The Morgan fingerprint density at radius 1 is 1.06 bits per heavy atom. The molecule has 1 fully saturated rings. The number of nitrogens with zero attached hydrogens (tertiary/aromatic N) is 1. The van der Waals surface area contributed by atoms with Gasteiger partial charge in [-0.25, -0.2) is 0 Å². The van der Waals surface area contributed by atoms with Crippen LogP contribution in [0.3, 0.4) is 0 Å². The number of hydrogen-bond acceptors (Lipinski definition) is 1. The van der Waals surface area contributed by atoms with Gasteiger partial charge in [-0.15, -0.1) is 0 Å². The Balaban J connectivity index is 1.79. The zero-order valence-electron chi connectivity index (χ0n) is 10.2. The Hall–Kier alpha value is -1.15. The van der Waals surface area contributed by atoms with Crippen molar-refractivity contribution in [2.45, 2.75) is 29.5 Å². The number of alkyl halides is 1. The summed E-state index contributed by atoms with van der Waals surface area (Å²) in [5.74, 6) is 0. The normalized spacial score (nSPS) is 18.3. The van der Waals surface area contributed by atoms with Crippen LogP contribution in [0.4, 0.5) is 0 Å². The minimum absolute atomic E-state index is 0.352. The van der Waals surface area contributed by atoms with Gasteiger partial charge in [-0.2, -0.15) is 0 Å². The number of halogens is 1. The van der Waals surface area contributed by atoms with Gasteiger partial charge in [0.05, 0.1) is 0 Å². The molecule has 0 spiro atoms. The lowest BCUT2D eigenvalue weighted by atomic mass is 9.89. The number of pyridine rings is 1. The lowest BCUT2D eigenvalue weighted by Crippen LogP contribution is -2.22. The molecule has 1 heterocycles. The Morgan fingerprint density at radius 3 is 2.33 bits per heavy atom. The van der Waals surface area contributed by atoms with E-state index in [1.807, 2.05) is 12.4 Å². The maximum atomic E-state index is 4.07. The van der Waals surface area contributed by atoms with Crippen LogP contribution in [0, 0.1) is 0 Å². The summed E-state index contributed by atoms with van der Waals surface area (Å²) in [7, 11) is 0. The van der Waals surface area contributed by atoms with Crippen LogP contribution in [0.5, 0.6) is 0 Å². The Morgan fingerprint density at radius 2 is 1.72 bits per heavy atom. The fraction of sp³-hybridized carbons (Fsp3) is 0.312. The highest BCUT2D eigenvalue weighted by Gasteiger charge is 2.49. The molecule has 1 aromatic heterocycles. The summed E-state index contributed by atoms with van der Waals surface area (Å²) < 4.78 is 0. The molecule has 1 aliphatic rings. The smallest absolute Gasteiger partial charge is 0.0283 e. The van der Waals surface area contributed by atoms with Crippen LogP contribution in [0.2, 0.25) is 0 Å². The summed E-state index contributed by atoms with van der Waals surface area (Å²) in [4.78, 5) is 4.58. The average Bonchev–Trinajstić information content (AvgIpc) is 3.22. The van der Waals surface area contributed by atoms with Gasteiger partial charge in [0.2, 0.25) is 0 Å². The van der Waals surface area contributed by atoms with E-state index in [4.69, 9.17) is 0 Å². The fourth-order valence-electron chi connectivity index (χ4n) is 2.61. The molecule has 92 valence electrons. The zero-order chi connectivity index (χ0) is 12.4. The SMILES string of the molecule is BrC(Cc1ccncc1)C1(c2ccccc2)CC1. The topological polar surface area (TPSA) is 12.9 Å². The third-order valence-electron chi connectivity index (χ3n) is 3.90. The maximum absolute atomic E-state index is 4.07. The molecular formula is C16H16BrN. The molecule has 1 atom stereocenters. The van der Waals surface area contributed by atoms with E-state index in [-0.39, 0.29) is 0 Å². The summed E-state index contributed by atoms with van der Waals surface area (Å²) in [6.07, 6.45) is 7.39. The Labute approximate surface area is 116 Å². The molecule has 0 aliphatic heterocycles. The summed E-state index contributed by atoms with van der Waals surface area (Å²) >= 11 is 3.91. The molecule has 0 bridgehead atoms. The maximum Gasteiger partial charge on any atom is 0.0283 e. The molecule has 1 saturated carbocycles. The molecule has 1 nitrogen and oxygen atoms in total. The van der Waals surface area contributed by atoms with Crippen LogP contribution in [0.25, 0.3) is 0 Å². The lowest BCUT2D eigenvalue weighted by Gasteiger charge is -2.22. The molecular weight excluding hydrogens is 286 g/mol. The Bertz CT molecular complexity index is 505. The molecule has 0 saturated heterocycles. The highest BCUT2D eigenvalue weighted by Crippen LogP contribution is 2.54. The molecule has 2 heteroatoms. The first-order valence-electron chi connectivity index (χ1n) is 6.40. The van der Waals surface area contributed by atoms with E-state index in [2.05, 4.69) is 63.4 Å². The van der Waals surface area contributed by atoms with Gasteiger partial charge in [0, 0.05) is 22.6 Å². The van der Waals surface area contributed by atoms with Gasteiger partial charge in [0.15, 0.2) is 0 Å². The molecule has 2 aromatic rings. The largest absolute Gasteiger partial charge is 0.265 e. The van der Waals surface area contributed by atoms with E-state index in [0.29, 0.717) is 10.2 Å². The van der Waals surface area contributed by atoms with Gasteiger partial charge in [0.1, 0.15) is 0 Å². The third kappa shape index (κ3) is 2.22. The molecule has 0 radical (unpaired) electrons. The van der Waals surface area contributed by atoms with Crippen LogP contribution in [0.1, 0.15) is 24.0 Å². The number of hydrogen-bond donors (Lipinski definition) is 0. The van der Waals surface area contributed by atoms with Gasteiger partial charge < -0.3 is 0 Å². The van der Waals surface area contributed by atoms with Gasteiger partial charge in [-0.05, 0) is 42.5 Å². The van der Waals surface area contributed by atoms with Crippen molar-refractivity contribution in [1.29, 1.82) is 0 Å². The van der Waals surface area contributed by atoms with Crippen molar-refractivity contribution in [3.63, 3.8) is 0 Å². The van der Waals surface area contributed by atoms with Crippen LogP contribution in [0.15, 0.2) is 54.9 Å². The third-order valence-corrected chi connectivity index (χ3v) is 5.10. The minimum atomic E-state index is 0.352. The van der Waals surface area contributed by atoms with E-state index in [1.165, 1.54) is 24.0 Å². The molecule has 0 N–H and O–H groups in total. The molecule has 1 aromatic carbocycles. The van der Waals surface area contributed by atoms with Crippen LogP contribution < -0.4 is 0 Å². The van der Waals surface area contributed by atoms with E-state index in [0.717, 1.165) is 6.42 Å². The van der Waals surface area contributed by atoms with E-state index >= 15 is 0 Å². The van der Waals surface area contributed by atoms with Crippen molar-refractivity contribution >= 4 is 15.9 Å². The summed E-state index contributed by atoms with van der Waals surface area (Å²) in [5.41, 5.74) is 3.18. The fourth-order valence-corrected chi connectivity index (χ4v) is 3.70. The van der Waals surface area contributed by atoms with Gasteiger partial charge in [-0.1, -0.05) is 46.3 Å². The average molecular weight is 302 g/mol. The molecule has 0 amide bonds. The molecule has 1 unspecified atom stereocenters. The molecule has 18 heavy (non-hydrogen) atoms. The monoisotopic (exact) mass is 301 g/mol. The predicted octanol–water partition coefficient (Wildman–Crippen LogP) is 4.12. The van der Waals surface area contributed by atoms with Crippen LogP contribution >= 0.6 is 15.9 Å². The highest BCUT2D eigenvalue weighted by atomic mass is 79.9. The molecule has 1 aliphatic carbocycles. The van der Waals surface area contributed by atoms with Crippen molar-refractivity contribution in [2.24, 2.45) is 0 Å². The number of benzene rings is 1. The second-order valence-corrected chi connectivity index (χ2v) is 6.15. The quantitative estimate of drug-likeness (QED) is 0.774. The Kier molecular flexibility index (Phi) is 3.21. The highest BCUT2D eigenvalue weighted by molar-refractivity contribution is 9.09. The first-order valence-corrected chi connectivity index (χ1v) is 7.31. The summed E-state index contributed by atoms with van der Waals surface area (Å²) in [6, 6.07) is 15.1. The van der Waals surface area contributed by atoms with Crippen molar-refractivity contribution in [2.75, 3.05) is 0 Å². The number of rotatable bonds is 4. The second-order valence-electron chi connectivity index (χ2n) is 5.05. The first kappa shape index (κ1) is 11.9. The first-order chi connectivity index (χ1) is 8.81. The van der Waals surface area contributed by atoms with Crippen LogP contribution in [-0.2, 0) is 11.8 Å². The van der Waals surface area contributed by atoms with Crippen molar-refractivity contribution < 1.29 is 0 Å². The van der Waals surface area contributed by atoms with Gasteiger partial charge in [-0.3, -0.25) is 4.98 Å². The van der Waals surface area contributed by atoms with Gasteiger partial charge in [0.25, 0.3) is 0 Å². The van der Waals surface area contributed by atoms with Crippen molar-refractivity contribution in [3.05, 3.63) is 66.0 Å². The standard InChI is InChI=1S/C16H16BrN/c17-15(12-13-6-10-18-11-7-13)16(8-9-16)14-4-2-1-3-5-14/h1-7,10-11,15H,8-9,12H2. The van der Waals surface area contributed by atoms with E-state index in [1.54, 1.807) is 0 Å². The minimum Gasteiger partial charge on any atom is -0.265 e. The second kappa shape index (κ2) is 4.85. The van der Waals surface area contributed by atoms with E-state index in [9.17, 15) is 0 Å². The van der Waals surface area contributed by atoms with Crippen LogP contribution in [-0.4, -0.2) is 9.81 Å². The van der Waals surface area contributed by atoms with Crippen molar-refractivity contribution in [3.8, 4) is 0 Å². The summed E-state index contributed by atoms with van der Waals surface area (Å²) in [6.45, 7) is 0. The van der Waals surface area contributed by atoms with Crippen molar-refractivity contribution in [1.82, 2.24) is 4.98 Å². The van der Waals surface area contributed by atoms with E-state index < -0.39 is 0 Å². The zero-order valence-corrected chi connectivity index (χ0v) is 11.8. The predicted molar refractivity (Wildman–Crippen MR) is 78.0 cm³/mol. The lowest BCUT2D eigenvalue weighted by molar-refractivity contribution is 0.647. The summed E-state index contributed by atoms with van der Waals surface area (Å²) in [5, 5.41) is 0.